The topological polar surface area (TPSA) is 127 Å². The predicted octanol–water partition coefficient (Wildman–Crippen LogP) is 3.23. The third kappa shape index (κ3) is 5.00. The van der Waals surface area contributed by atoms with Crippen molar-refractivity contribution in [1.29, 1.82) is 0 Å². The highest BCUT2D eigenvalue weighted by atomic mass is 32.2. The van der Waals surface area contributed by atoms with Gasteiger partial charge in [-0.2, -0.15) is 0 Å². The van der Waals surface area contributed by atoms with Crippen LogP contribution in [0.25, 0.3) is 21.5 Å². The van der Waals surface area contributed by atoms with Crippen LogP contribution in [0.1, 0.15) is 0 Å². The van der Waals surface area contributed by atoms with Crippen molar-refractivity contribution in [2.24, 2.45) is 5.14 Å². The van der Waals surface area contributed by atoms with E-state index in [1.54, 1.807) is 30.3 Å². The number of fused-ring (bicyclic) bond motifs is 2. The lowest BCUT2D eigenvalue weighted by Crippen LogP contribution is -2.22. The minimum atomic E-state index is -3.69. The Morgan fingerprint density at radius 2 is 1.21 bits per heavy atom. The van der Waals surface area contributed by atoms with Crippen molar-refractivity contribution in [3.8, 4) is 0 Å². The Balaban J connectivity index is 0.000000191. The molecule has 0 aliphatic heterocycles. The van der Waals surface area contributed by atoms with Crippen LogP contribution in [0.15, 0.2) is 82.6 Å². The van der Waals surface area contributed by atoms with Crippen LogP contribution >= 0.6 is 0 Å². The zero-order valence-corrected chi connectivity index (χ0v) is 21.1. The van der Waals surface area contributed by atoms with E-state index >= 15 is 0 Å². The summed E-state index contributed by atoms with van der Waals surface area (Å²) in [6.45, 7) is 0. The van der Waals surface area contributed by atoms with Gasteiger partial charge in [-0.1, -0.05) is 48.5 Å². The molecule has 0 aliphatic carbocycles. The van der Waals surface area contributed by atoms with E-state index in [0.29, 0.717) is 16.5 Å². The first-order valence-electron chi connectivity index (χ1n) is 10.3. The van der Waals surface area contributed by atoms with E-state index in [0.717, 1.165) is 16.5 Å². The molecule has 4 aromatic rings. The monoisotopic (exact) mass is 500 g/mol. The maximum Gasteiger partial charge on any atom is 0.243 e. The molecule has 0 saturated heterocycles. The largest absolute Gasteiger partial charge is 0.398 e. The summed E-state index contributed by atoms with van der Waals surface area (Å²) < 4.78 is 48.5. The summed E-state index contributed by atoms with van der Waals surface area (Å²) in [5, 5.41) is 8.15. The number of benzene rings is 4. The van der Waals surface area contributed by atoms with Gasteiger partial charge in [-0.3, -0.25) is 0 Å². The summed E-state index contributed by atoms with van der Waals surface area (Å²) in [6.07, 6.45) is 0. The molecule has 0 atom stereocenters. The van der Waals surface area contributed by atoms with Crippen LogP contribution in [-0.2, 0) is 20.0 Å². The summed E-state index contributed by atoms with van der Waals surface area (Å²) in [5.74, 6) is 0. The molecule has 4 aromatic carbocycles. The van der Waals surface area contributed by atoms with Crippen molar-refractivity contribution in [2.75, 3.05) is 38.8 Å². The Kier molecular flexibility index (Phi) is 7.18. The molecule has 0 aliphatic rings. The second kappa shape index (κ2) is 9.59. The summed E-state index contributed by atoms with van der Waals surface area (Å²) in [7, 11) is -0.318. The SMILES string of the molecule is CN(C)S(=O)(=O)c1cccc2cccc(N)c12.CN(C)c1cccc2c(S(N)(=O)=O)cccc12. The van der Waals surface area contributed by atoms with E-state index in [-0.39, 0.29) is 9.79 Å². The quantitative estimate of drug-likeness (QED) is 0.414. The number of rotatable bonds is 4. The lowest BCUT2D eigenvalue weighted by Gasteiger charge is -2.16. The maximum atomic E-state index is 12.2. The van der Waals surface area contributed by atoms with Crippen molar-refractivity contribution in [1.82, 2.24) is 4.31 Å². The van der Waals surface area contributed by atoms with Gasteiger partial charge in [0.25, 0.3) is 0 Å². The molecule has 0 spiro atoms. The van der Waals surface area contributed by atoms with Gasteiger partial charge in [-0.05, 0) is 29.7 Å². The molecule has 0 aromatic heterocycles. The second-order valence-electron chi connectivity index (χ2n) is 8.06. The maximum absolute atomic E-state index is 12.2. The van der Waals surface area contributed by atoms with Gasteiger partial charge >= 0.3 is 0 Å². The third-order valence-electron chi connectivity index (χ3n) is 5.30. The van der Waals surface area contributed by atoms with Crippen molar-refractivity contribution in [2.45, 2.75) is 9.79 Å². The van der Waals surface area contributed by atoms with Crippen LogP contribution in [-0.4, -0.2) is 49.3 Å². The summed E-state index contributed by atoms with van der Waals surface area (Å²) in [4.78, 5) is 2.35. The first-order valence-corrected chi connectivity index (χ1v) is 13.3. The summed E-state index contributed by atoms with van der Waals surface area (Å²) >= 11 is 0. The number of primary sulfonamides is 1. The van der Waals surface area contributed by atoms with E-state index in [4.69, 9.17) is 10.9 Å². The number of nitrogens with zero attached hydrogens (tertiary/aromatic N) is 2. The number of anilines is 2. The molecule has 4 rings (SSSR count). The molecule has 34 heavy (non-hydrogen) atoms. The first kappa shape index (κ1) is 25.4. The highest BCUT2D eigenvalue weighted by molar-refractivity contribution is 7.89. The molecule has 0 heterocycles. The second-order valence-corrected chi connectivity index (χ2v) is 11.7. The van der Waals surface area contributed by atoms with Crippen molar-refractivity contribution < 1.29 is 16.8 Å². The van der Waals surface area contributed by atoms with Crippen molar-refractivity contribution in [3.63, 3.8) is 0 Å². The highest BCUT2D eigenvalue weighted by Gasteiger charge is 2.20. The molecule has 0 bridgehead atoms. The molecular weight excluding hydrogens is 472 g/mol. The van der Waals surface area contributed by atoms with E-state index < -0.39 is 20.0 Å². The standard InChI is InChI=1S/2C12H14N2O2S/c1-14(2)11-7-3-6-10-9(11)5-4-8-12(10)17(13,15)16;1-14(2)17(15,16)11-8-4-6-9-5-3-7-10(13)12(9)11/h3-8H,1-2H3,(H2,13,15,16);3-8H,13H2,1-2H3. The van der Waals surface area contributed by atoms with E-state index in [9.17, 15) is 16.8 Å². The van der Waals surface area contributed by atoms with E-state index in [1.165, 1.54) is 24.5 Å². The lowest BCUT2D eigenvalue weighted by molar-refractivity contribution is 0.521. The predicted molar refractivity (Wildman–Crippen MR) is 139 cm³/mol. The average molecular weight is 501 g/mol. The fourth-order valence-corrected chi connectivity index (χ4v) is 5.54. The van der Waals surface area contributed by atoms with Crippen LogP contribution in [0, 0.1) is 0 Å². The smallest absolute Gasteiger partial charge is 0.243 e. The molecule has 0 radical (unpaired) electrons. The Morgan fingerprint density at radius 1 is 0.676 bits per heavy atom. The lowest BCUT2D eigenvalue weighted by atomic mass is 10.1. The number of sulfonamides is 2. The Labute approximate surface area is 200 Å². The van der Waals surface area contributed by atoms with E-state index in [2.05, 4.69) is 0 Å². The number of hydrogen-bond donors (Lipinski definition) is 2. The normalized spacial score (nSPS) is 11.9. The fourth-order valence-electron chi connectivity index (χ4n) is 3.65. The molecule has 0 saturated carbocycles. The molecule has 8 nitrogen and oxygen atoms in total. The minimum absolute atomic E-state index is 0.165. The van der Waals surface area contributed by atoms with Gasteiger partial charge in [0, 0.05) is 55.7 Å². The molecule has 180 valence electrons. The van der Waals surface area contributed by atoms with Crippen molar-refractivity contribution in [3.05, 3.63) is 72.8 Å². The van der Waals surface area contributed by atoms with Gasteiger partial charge in [0.1, 0.15) is 0 Å². The van der Waals surface area contributed by atoms with Gasteiger partial charge in [0.2, 0.25) is 20.0 Å². The van der Waals surface area contributed by atoms with Gasteiger partial charge < -0.3 is 10.6 Å². The zero-order valence-electron chi connectivity index (χ0n) is 19.4. The van der Waals surface area contributed by atoms with Crippen LogP contribution in [0.4, 0.5) is 11.4 Å². The fraction of sp³-hybridized carbons (Fsp3) is 0.167. The van der Waals surface area contributed by atoms with Gasteiger partial charge in [-0.25, -0.2) is 26.3 Å². The summed E-state index contributed by atoms with van der Waals surface area (Å²) in [6, 6.07) is 21.2. The third-order valence-corrected chi connectivity index (χ3v) is 8.13. The van der Waals surface area contributed by atoms with Gasteiger partial charge in [0.05, 0.1) is 9.79 Å². The Bertz CT molecular complexity index is 1560. The zero-order chi connectivity index (χ0) is 25.3. The number of hydrogen-bond acceptors (Lipinski definition) is 6. The number of nitrogen functional groups attached to an aromatic ring is 1. The van der Waals surface area contributed by atoms with Crippen LogP contribution in [0.3, 0.4) is 0 Å². The average Bonchev–Trinajstić information content (AvgIpc) is 2.77. The first-order chi connectivity index (χ1) is 15.9. The van der Waals surface area contributed by atoms with E-state index in [1.807, 2.05) is 55.4 Å². The van der Waals surface area contributed by atoms with Gasteiger partial charge in [-0.15, -0.1) is 0 Å². The molecule has 10 heteroatoms. The van der Waals surface area contributed by atoms with Crippen LogP contribution in [0.5, 0.6) is 0 Å². The van der Waals surface area contributed by atoms with Crippen molar-refractivity contribution >= 4 is 53.0 Å². The Morgan fingerprint density at radius 3 is 1.79 bits per heavy atom. The van der Waals surface area contributed by atoms with Crippen LogP contribution < -0.4 is 15.8 Å². The molecule has 0 amide bonds. The van der Waals surface area contributed by atoms with Gasteiger partial charge in [0.15, 0.2) is 0 Å². The number of nitrogens with two attached hydrogens (primary N) is 2. The Hall–Kier alpha value is -3.18. The highest BCUT2D eigenvalue weighted by Crippen LogP contribution is 2.30. The van der Waals surface area contributed by atoms with Crippen LogP contribution in [0.2, 0.25) is 0 Å². The molecule has 4 N–H and O–H groups in total. The molecule has 0 fully saturated rings. The minimum Gasteiger partial charge on any atom is -0.398 e. The molecule has 0 unspecified atom stereocenters. The molecular formula is C24H28N4O4S2. The summed E-state index contributed by atoms with van der Waals surface area (Å²) in [5.41, 5.74) is 7.31.